The molecule has 0 saturated carbocycles. The summed E-state index contributed by atoms with van der Waals surface area (Å²) in [6.45, 7) is 17.7. The Labute approximate surface area is 359 Å². The molecule has 2 aromatic carbocycles. The van der Waals surface area contributed by atoms with E-state index in [0.717, 1.165) is 12.0 Å². The van der Waals surface area contributed by atoms with Crippen molar-refractivity contribution in [3.63, 3.8) is 0 Å². The summed E-state index contributed by atoms with van der Waals surface area (Å²) in [5.41, 5.74) is 2.23. The minimum absolute atomic E-state index is 0.00353. The van der Waals surface area contributed by atoms with E-state index in [2.05, 4.69) is 5.32 Å². The highest BCUT2D eigenvalue weighted by Gasteiger charge is 2.43. The molecule has 2 N–H and O–H groups in total. The number of aliphatic hydroxyl groups excluding tert-OH is 1. The van der Waals surface area contributed by atoms with Crippen molar-refractivity contribution in [2.75, 3.05) is 34.9 Å². The van der Waals surface area contributed by atoms with Gasteiger partial charge >= 0.3 is 0 Å². The van der Waals surface area contributed by atoms with E-state index < -0.39 is 48.3 Å². The first-order chi connectivity index (χ1) is 28.3. The molecule has 10 atom stereocenters. The summed E-state index contributed by atoms with van der Waals surface area (Å²) in [7, 11) is 6.49. The average Bonchev–Trinajstić information content (AvgIpc) is 3.71. The third-order valence-electron chi connectivity index (χ3n) is 12.8. The maximum Gasteiger partial charge on any atom is 0.254 e. The van der Waals surface area contributed by atoms with Crippen molar-refractivity contribution >= 4 is 29.4 Å². The van der Waals surface area contributed by atoms with Crippen LogP contribution in [0, 0.1) is 36.5 Å². The topological polar surface area (TPSA) is 146 Å². The molecule has 334 valence electrons. The van der Waals surface area contributed by atoms with Crippen LogP contribution in [-0.2, 0) is 28.7 Å². The Morgan fingerprint density at radius 1 is 0.850 bits per heavy atom. The lowest BCUT2D eigenvalue weighted by Crippen LogP contribution is -2.55. The zero-order valence-electron chi connectivity index (χ0n) is 38.5. The Bertz CT molecular complexity index is 1700. The van der Waals surface area contributed by atoms with Crippen molar-refractivity contribution in [2.45, 2.75) is 137 Å². The van der Waals surface area contributed by atoms with Crippen molar-refractivity contribution in [3.8, 4) is 0 Å². The van der Waals surface area contributed by atoms with Gasteiger partial charge in [-0.15, -0.1) is 0 Å². The summed E-state index contributed by atoms with van der Waals surface area (Å²) in [5.74, 6) is -2.79. The molecule has 2 aromatic rings. The zero-order valence-corrected chi connectivity index (χ0v) is 38.5. The molecule has 60 heavy (non-hydrogen) atoms. The summed E-state index contributed by atoms with van der Waals surface area (Å²) in [6.07, 6.45) is -0.0729. The predicted octanol–water partition coefficient (Wildman–Crippen LogP) is 6.48. The number of Topliss-reactive ketones (excluding diaryl/α,β-unsaturated/α-hetero) is 1. The van der Waals surface area contributed by atoms with E-state index in [1.165, 1.54) is 4.90 Å². The molecular formula is C48H74N4O8. The van der Waals surface area contributed by atoms with E-state index in [1.54, 1.807) is 64.1 Å². The Hall–Kier alpha value is -4.13. The standard InChI is InChI=1S/C48H74N4O8/c1-14-32(7)43(51(11)48(58)37(29(2)3)27-39(53)42(30(4)5)50(10)47(57)36-24-22-31(6)23-25-36)40(59-12)28-41(54)52-26-18-21-38(52)45(60-13)33(8)46(56)49-34(9)44(55)35-19-16-15-17-20-35/h15-17,19-20,22-25,29-30,32-34,37-38,40,42-45,55H,14,18,21,26-28H2,1-13H3,(H,49,56)/t32-,33+,34+,37-,38-,40+,42-,43-,44+,45+/m0/s1. The maximum absolute atomic E-state index is 14.6. The number of amides is 4. The van der Waals surface area contributed by atoms with Gasteiger partial charge in [-0.2, -0.15) is 0 Å². The van der Waals surface area contributed by atoms with Crippen LogP contribution in [0.15, 0.2) is 54.6 Å². The number of likely N-dealkylation sites (tertiary alicyclic amines) is 1. The molecule has 1 saturated heterocycles. The first kappa shape index (κ1) is 50.2. The minimum Gasteiger partial charge on any atom is -0.386 e. The fourth-order valence-electron chi connectivity index (χ4n) is 8.95. The highest BCUT2D eigenvalue weighted by atomic mass is 16.5. The van der Waals surface area contributed by atoms with E-state index in [1.807, 2.05) is 90.9 Å². The number of benzene rings is 2. The van der Waals surface area contributed by atoms with E-state index in [4.69, 9.17) is 9.47 Å². The fourth-order valence-corrected chi connectivity index (χ4v) is 8.95. The second-order valence-electron chi connectivity index (χ2n) is 17.7. The number of ether oxygens (including phenoxy) is 2. The first-order valence-corrected chi connectivity index (χ1v) is 21.8. The predicted molar refractivity (Wildman–Crippen MR) is 235 cm³/mol. The van der Waals surface area contributed by atoms with E-state index >= 15 is 0 Å². The summed E-state index contributed by atoms with van der Waals surface area (Å²) >= 11 is 0. The van der Waals surface area contributed by atoms with Crippen LogP contribution in [0.25, 0.3) is 0 Å². The van der Waals surface area contributed by atoms with Crippen LogP contribution in [0.4, 0.5) is 0 Å². The van der Waals surface area contributed by atoms with E-state index in [0.29, 0.717) is 30.5 Å². The number of carbonyl (C=O) groups excluding carboxylic acids is 5. The third-order valence-corrected chi connectivity index (χ3v) is 12.8. The molecule has 4 amide bonds. The van der Waals surface area contributed by atoms with Gasteiger partial charge < -0.3 is 34.6 Å². The summed E-state index contributed by atoms with van der Waals surface area (Å²) in [5, 5.41) is 13.8. The lowest BCUT2D eigenvalue weighted by atomic mass is 9.83. The number of rotatable bonds is 22. The van der Waals surface area contributed by atoms with Gasteiger partial charge in [0.15, 0.2) is 5.78 Å². The Kier molecular flexibility index (Phi) is 19.4. The van der Waals surface area contributed by atoms with E-state index in [9.17, 15) is 29.1 Å². The number of nitrogens with one attached hydrogen (secondary N) is 1. The van der Waals surface area contributed by atoms with Gasteiger partial charge in [0.1, 0.15) is 0 Å². The third kappa shape index (κ3) is 12.5. The van der Waals surface area contributed by atoms with Crippen LogP contribution in [0.3, 0.4) is 0 Å². The van der Waals surface area contributed by atoms with Crippen molar-refractivity contribution in [3.05, 3.63) is 71.3 Å². The number of likely N-dealkylation sites (N-methyl/N-ethyl adjacent to an activating group) is 2. The van der Waals surface area contributed by atoms with Gasteiger partial charge in [-0.3, -0.25) is 24.0 Å². The minimum atomic E-state index is -0.891. The second-order valence-corrected chi connectivity index (χ2v) is 17.7. The average molecular weight is 835 g/mol. The first-order valence-electron chi connectivity index (χ1n) is 21.8. The molecule has 1 aliphatic rings. The summed E-state index contributed by atoms with van der Waals surface area (Å²) in [6, 6.07) is 14.3. The van der Waals surface area contributed by atoms with Gasteiger partial charge in [0.05, 0.1) is 54.8 Å². The quantitative estimate of drug-likeness (QED) is 0.137. The van der Waals surface area contributed by atoms with Crippen molar-refractivity contribution in [1.82, 2.24) is 20.0 Å². The molecule has 3 rings (SSSR count). The summed E-state index contributed by atoms with van der Waals surface area (Å²) < 4.78 is 12.0. The highest BCUT2D eigenvalue weighted by Crippen LogP contribution is 2.31. The lowest BCUT2D eigenvalue weighted by Gasteiger charge is -2.41. The van der Waals surface area contributed by atoms with Gasteiger partial charge in [-0.1, -0.05) is 103 Å². The second kappa shape index (κ2) is 23.2. The number of aliphatic hydroxyl groups is 1. The maximum atomic E-state index is 14.6. The van der Waals surface area contributed by atoms with Crippen LogP contribution >= 0.6 is 0 Å². The number of nitrogens with zero attached hydrogens (tertiary/aromatic N) is 3. The number of ketones is 1. The molecule has 0 bridgehead atoms. The normalized spacial score (nSPS) is 18.8. The molecule has 0 unspecified atom stereocenters. The molecule has 0 radical (unpaired) electrons. The lowest BCUT2D eigenvalue weighted by molar-refractivity contribution is -0.149. The van der Waals surface area contributed by atoms with Crippen molar-refractivity contribution in [1.29, 1.82) is 0 Å². The number of hydrogen-bond acceptors (Lipinski definition) is 8. The molecular weight excluding hydrogens is 761 g/mol. The fraction of sp³-hybridized carbons (Fsp3) is 0.646. The summed E-state index contributed by atoms with van der Waals surface area (Å²) in [4.78, 5) is 75.1. The van der Waals surface area contributed by atoms with Crippen LogP contribution in [0.1, 0.15) is 115 Å². The van der Waals surface area contributed by atoms with Crippen LogP contribution in [0.2, 0.25) is 0 Å². The molecule has 12 nitrogen and oxygen atoms in total. The Morgan fingerprint density at radius 3 is 2.00 bits per heavy atom. The van der Waals surface area contributed by atoms with Gasteiger partial charge in [-0.05, 0) is 62.1 Å². The molecule has 0 aromatic heterocycles. The molecule has 0 aliphatic carbocycles. The van der Waals surface area contributed by atoms with Crippen molar-refractivity contribution < 1.29 is 38.6 Å². The van der Waals surface area contributed by atoms with E-state index in [-0.39, 0.29) is 66.0 Å². The molecule has 0 spiro atoms. The number of carbonyl (C=O) groups is 5. The number of aryl methyl sites for hydroxylation is 1. The molecule has 1 aliphatic heterocycles. The van der Waals surface area contributed by atoms with Crippen molar-refractivity contribution in [2.24, 2.45) is 29.6 Å². The molecule has 1 fully saturated rings. The molecule has 1 heterocycles. The van der Waals surface area contributed by atoms with Gasteiger partial charge in [0.25, 0.3) is 5.91 Å². The SMILES string of the molecule is CC[C@H](C)[C@@H]([C@@H](CC(=O)N1CCC[C@H]1[C@H](OC)[C@@H](C)C(=O)N[C@H](C)[C@@H](O)c1ccccc1)OC)N(C)C(=O)[C@@H](CC(=O)[C@H](C(C)C)N(C)C(=O)c1ccc(C)cc1)C(C)C. The Balaban J connectivity index is 1.79. The zero-order chi connectivity index (χ0) is 45.0. The highest BCUT2D eigenvalue weighted by molar-refractivity contribution is 5.98. The van der Waals surface area contributed by atoms with Crippen LogP contribution in [0.5, 0.6) is 0 Å². The number of hydrogen-bond donors (Lipinski definition) is 2. The monoisotopic (exact) mass is 835 g/mol. The van der Waals surface area contributed by atoms with Crippen LogP contribution < -0.4 is 5.32 Å². The van der Waals surface area contributed by atoms with Gasteiger partial charge in [0.2, 0.25) is 17.7 Å². The van der Waals surface area contributed by atoms with Gasteiger partial charge in [-0.25, -0.2) is 0 Å². The Morgan fingerprint density at radius 2 is 1.47 bits per heavy atom. The van der Waals surface area contributed by atoms with Crippen LogP contribution in [-0.4, -0.2) is 120 Å². The van der Waals surface area contributed by atoms with Gasteiger partial charge in [0, 0.05) is 52.8 Å². The smallest absolute Gasteiger partial charge is 0.254 e. The molecule has 12 heteroatoms. The number of methoxy groups -OCH3 is 2. The largest absolute Gasteiger partial charge is 0.386 e.